The van der Waals surface area contributed by atoms with E-state index in [1.165, 1.54) is 12.1 Å². The summed E-state index contributed by atoms with van der Waals surface area (Å²) in [6, 6.07) is 16.5. The van der Waals surface area contributed by atoms with Crippen molar-refractivity contribution in [3.8, 4) is 0 Å². The zero-order chi connectivity index (χ0) is 16.7. The summed E-state index contributed by atoms with van der Waals surface area (Å²) >= 11 is 0. The molecule has 2 N–H and O–H groups in total. The molecule has 0 spiro atoms. The van der Waals surface area contributed by atoms with Crippen molar-refractivity contribution >= 4 is 5.69 Å². The summed E-state index contributed by atoms with van der Waals surface area (Å²) in [4.78, 5) is 10.2. The van der Waals surface area contributed by atoms with Crippen LogP contribution in [0.15, 0.2) is 54.6 Å². The molecule has 0 aliphatic rings. The van der Waals surface area contributed by atoms with Crippen LogP contribution in [0, 0.1) is 10.1 Å². The van der Waals surface area contributed by atoms with Gasteiger partial charge in [0.25, 0.3) is 5.69 Å². The van der Waals surface area contributed by atoms with E-state index in [1.807, 2.05) is 30.3 Å². The number of hydrogen-bond donors (Lipinski definition) is 2. The van der Waals surface area contributed by atoms with Crippen LogP contribution in [0.5, 0.6) is 0 Å². The Hall–Kier alpha value is -2.24. The van der Waals surface area contributed by atoms with Gasteiger partial charge >= 0.3 is 0 Å². The van der Waals surface area contributed by atoms with Gasteiger partial charge in [-0.1, -0.05) is 42.5 Å². The first-order chi connectivity index (χ1) is 11.1. The quantitative estimate of drug-likeness (QED) is 0.579. The van der Waals surface area contributed by atoms with Gasteiger partial charge in [-0.3, -0.25) is 10.1 Å². The lowest BCUT2D eigenvalue weighted by molar-refractivity contribution is -0.384. The van der Waals surface area contributed by atoms with E-state index in [2.05, 4.69) is 12.2 Å². The maximum absolute atomic E-state index is 10.6. The number of rotatable bonds is 8. The normalized spacial score (nSPS) is 13.5. The molecule has 0 heterocycles. The number of nitro benzene ring substituents is 1. The van der Waals surface area contributed by atoms with Crippen molar-refractivity contribution in [1.29, 1.82) is 0 Å². The Balaban J connectivity index is 1.74. The van der Waals surface area contributed by atoms with Gasteiger partial charge in [0.2, 0.25) is 0 Å². The second-order valence-corrected chi connectivity index (χ2v) is 5.70. The Labute approximate surface area is 136 Å². The molecule has 2 aromatic rings. The van der Waals surface area contributed by atoms with E-state index in [1.54, 1.807) is 12.1 Å². The number of hydrogen-bond acceptors (Lipinski definition) is 4. The minimum absolute atomic E-state index is 0.117. The molecule has 0 bridgehead atoms. The van der Waals surface area contributed by atoms with Gasteiger partial charge in [0.1, 0.15) is 0 Å². The van der Waals surface area contributed by atoms with Crippen LogP contribution in [0.3, 0.4) is 0 Å². The lowest BCUT2D eigenvalue weighted by atomic mass is 10.0. The summed E-state index contributed by atoms with van der Waals surface area (Å²) < 4.78 is 0. The van der Waals surface area contributed by atoms with Crippen molar-refractivity contribution in [2.75, 3.05) is 6.54 Å². The predicted octanol–water partition coefficient (Wildman–Crippen LogP) is 3.24. The Bertz CT molecular complexity index is 614. The van der Waals surface area contributed by atoms with Crippen LogP contribution in [0.1, 0.15) is 30.6 Å². The summed E-state index contributed by atoms with van der Waals surface area (Å²) in [7, 11) is 0. The molecule has 0 saturated carbocycles. The van der Waals surface area contributed by atoms with E-state index >= 15 is 0 Å². The third kappa shape index (κ3) is 5.47. The Morgan fingerprint density at radius 3 is 2.39 bits per heavy atom. The average Bonchev–Trinajstić information content (AvgIpc) is 2.59. The third-order valence-electron chi connectivity index (χ3n) is 3.86. The zero-order valence-electron chi connectivity index (χ0n) is 13.2. The molecule has 5 nitrogen and oxygen atoms in total. The molecule has 0 aromatic heterocycles. The Morgan fingerprint density at radius 2 is 1.78 bits per heavy atom. The van der Waals surface area contributed by atoms with Crippen molar-refractivity contribution in [3.63, 3.8) is 0 Å². The van der Waals surface area contributed by atoms with Crippen molar-refractivity contribution in [3.05, 3.63) is 75.8 Å². The number of aliphatic hydroxyl groups is 1. The standard InChI is InChI=1S/C18H22N2O3/c1-14(19-13-18(21)16-5-3-2-4-6-16)7-8-15-9-11-17(12-10-15)20(22)23/h2-6,9-12,14,18-19,21H,7-8,13H2,1H3/t14?,18-/m0/s1. The lowest BCUT2D eigenvalue weighted by Gasteiger charge is -2.17. The van der Waals surface area contributed by atoms with E-state index < -0.39 is 6.10 Å². The van der Waals surface area contributed by atoms with Gasteiger partial charge < -0.3 is 10.4 Å². The fraction of sp³-hybridized carbons (Fsp3) is 0.333. The molecule has 0 aliphatic heterocycles. The highest BCUT2D eigenvalue weighted by Crippen LogP contribution is 2.14. The van der Waals surface area contributed by atoms with Gasteiger partial charge in [0.15, 0.2) is 0 Å². The molecule has 2 aromatic carbocycles. The number of nitro groups is 1. The number of aryl methyl sites for hydroxylation is 1. The first-order valence-corrected chi connectivity index (χ1v) is 7.76. The van der Waals surface area contributed by atoms with Gasteiger partial charge in [-0.2, -0.15) is 0 Å². The van der Waals surface area contributed by atoms with E-state index in [0.717, 1.165) is 24.0 Å². The highest BCUT2D eigenvalue weighted by Gasteiger charge is 2.09. The summed E-state index contributed by atoms with van der Waals surface area (Å²) in [6.45, 7) is 2.58. The molecule has 23 heavy (non-hydrogen) atoms. The highest BCUT2D eigenvalue weighted by atomic mass is 16.6. The first-order valence-electron chi connectivity index (χ1n) is 7.76. The van der Waals surface area contributed by atoms with Crippen LogP contribution in [0.25, 0.3) is 0 Å². The van der Waals surface area contributed by atoms with E-state index in [9.17, 15) is 15.2 Å². The van der Waals surface area contributed by atoms with E-state index in [0.29, 0.717) is 6.54 Å². The first kappa shape index (κ1) is 17.1. The van der Waals surface area contributed by atoms with Crippen molar-refractivity contribution < 1.29 is 10.0 Å². The molecular weight excluding hydrogens is 292 g/mol. The maximum Gasteiger partial charge on any atom is 0.269 e. The summed E-state index contributed by atoms with van der Waals surface area (Å²) in [5.41, 5.74) is 2.10. The molecule has 2 rings (SSSR count). The lowest BCUT2D eigenvalue weighted by Crippen LogP contribution is -2.30. The van der Waals surface area contributed by atoms with Crippen molar-refractivity contribution in [2.45, 2.75) is 31.9 Å². The molecule has 0 saturated heterocycles. The van der Waals surface area contributed by atoms with Crippen LogP contribution >= 0.6 is 0 Å². The van der Waals surface area contributed by atoms with Gasteiger partial charge in [-0.05, 0) is 30.9 Å². The van der Waals surface area contributed by atoms with Crippen LogP contribution in [-0.4, -0.2) is 22.6 Å². The second-order valence-electron chi connectivity index (χ2n) is 5.70. The molecule has 0 radical (unpaired) electrons. The van der Waals surface area contributed by atoms with Gasteiger partial charge in [-0.25, -0.2) is 0 Å². The SMILES string of the molecule is CC(CCc1ccc([N+](=O)[O-])cc1)NC[C@H](O)c1ccccc1. The van der Waals surface area contributed by atoms with Gasteiger partial charge in [-0.15, -0.1) is 0 Å². The Morgan fingerprint density at radius 1 is 1.13 bits per heavy atom. The predicted molar refractivity (Wildman–Crippen MR) is 90.3 cm³/mol. The minimum Gasteiger partial charge on any atom is -0.387 e. The molecule has 122 valence electrons. The number of benzene rings is 2. The van der Waals surface area contributed by atoms with Crippen LogP contribution in [-0.2, 0) is 6.42 Å². The summed E-state index contributed by atoms with van der Waals surface area (Å²) in [5, 5.41) is 24.0. The number of aliphatic hydroxyl groups excluding tert-OH is 1. The van der Waals surface area contributed by atoms with Crippen LogP contribution in [0.4, 0.5) is 5.69 Å². The van der Waals surface area contributed by atoms with Gasteiger partial charge in [0.05, 0.1) is 11.0 Å². The largest absolute Gasteiger partial charge is 0.387 e. The van der Waals surface area contributed by atoms with Crippen LogP contribution in [0.2, 0.25) is 0 Å². The summed E-state index contributed by atoms with van der Waals surface area (Å²) in [6.07, 6.45) is 1.23. The summed E-state index contributed by atoms with van der Waals surface area (Å²) in [5.74, 6) is 0. The van der Waals surface area contributed by atoms with Crippen molar-refractivity contribution in [2.24, 2.45) is 0 Å². The maximum atomic E-state index is 10.6. The molecule has 2 atom stereocenters. The van der Waals surface area contributed by atoms with Gasteiger partial charge in [0, 0.05) is 24.7 Å². The van der Waals surface area contributed by atoms with E-state index in [-0.39, 0.29) is 16.7 Å². The zero-order valence-corrected chi connectivity index (χ0v) is 13.2. The topological polar surface area (TPSA) is 75.4 Å². The fourth-order valence-corrected chi connectivity index (χ4v) is 2.38. The number of nitrogens with zero attached hydrogens (tertiary/aromatic N) is 1. The monoisotopic (exact) mass is 314 g/mol. The molecule has 0 fully saturated rings. The highest BCUT2D eigenvalue weighted by molar-refractivity contribution is 5.32. The average molecular weight is 314 g/mol. The number of non-ortho nitro benzene ring substituents is 1. The molecule has 1 unspecified atom stereocenters. The Kier molecular flexibility index (Phi) is 6.26. The molecule has 5 heteroatoms. The van der Waals surface area contributed by atoms with Crippen molar-refractivity contribution in [1.82, 2.24) is 5.32 Å². The molecule has 0 aliphatic carbocycles. The third-order valence-corrected chi connectivity index (χ3v) is 3.86. The molecular formula is C18H22N2O3. The fourth-order valence-electron chi connectivity index (χ4n) is 2.38. The smallest absolute Gasteiger partial charge is 0.269 e. The van der Waals surface area contributed by atoms with E-state index in [4.69, 9.17) is 0 Å². The molecule has 0 amide bonds. The number of nitrogens with one attached hydrogen (secondary N) is 1. The minimum atomic E-state index is -0.516. The van der Waals surface area contributed by atoms with Crippen LogP contribution < -0.4 is 5.32 Å². The second kappa shape index (κ2) is 8.41.